The smallest absolute Gasteiger partial charge is 0.322 e. The Hall–Kier alpha value is -1.45. The molecular formula is C15H21NO6S2. The minimum Gasteiger partial charge on any atom is -0.494 e. The zero-order valence-corrected chi connectivity index (χ0v) is 15.0. The highest BCUT2D eigenvalue weighted by atomic mass is 32.2. The summed E-state index contributed by atoms with van der Waals surface area (Å²) in [5.41, 5.74) is 0. The fourth-order valence-corrected chi connectivity index (χ4v) is 5.38. The van der Waals surface area contributed by atoms with E-state index in [2.05, 4.69) is 0 Å². The predicted octanol–water partition coefficient (Wildman–Crippen LogP) is 1.07. The molecule has 1 aliphatic heterocycles. The summed E-state index contributed by atoms with van der Waals surface area (Å²) < 4.78 is 43.4. The standard InChI is InChI=1S/C15H21NO6S2/c1-2-3-9-22-12-4-6-13(7-5-12)24(20,21)16-8-10-23(19)11-14(16)15(17)18/h4-7,14H,2-3,8-11H2,1H3,(H,17,18). The quantitative estimate of drug-likeness (QED) is 0.716. The van der Waals surface area contributed by atoms with Crippen LogP contribution < -0.4 is 4.74 Å². The van der Waals surface area contributed by atoms with Gasteiger partial charge in [0.25, 0.3) is 0 Å². The molecule has 2 unspecified atom stereocenters. The first-order chi connectivity index (χ1) is 11.4. The van der Waals surface area contributed by atoms with E-state index in [1.54, 1.807) is 12.1 Å². The van der Waals surface area contributed by atoms with Crippen molar-refractivity contribution >= 4 is 26.8 Å². The lowest BCUT2D eigenvalue weighted by Gasteiger charge is -2.31. The van der Waals surface area contributed by atoms with E-state index in [1.807, 2.05) is 6.92 Å². The summed E-state index contributed by atoms with van der Waals surface area (Å²) in [5, 5.41) is 9.24. The van der Waals surface area contributed by atoms with E-state index in [4.69, 9.17) is 4.74 Å². The van der Waals surface area contributed by atoms with Crippen molar-refractivity contribution in [1.82, 2.24) is 4.31 Å². The van der Waals surface area contributed by atoms with Crippen molar-refractivity contribution in [2.24, 2.45) is 0 Å². The minimum atomic E-state index is -3.96. The third kappa shape index (κ3) is 4.34. The van der Waals surface area contributed by atoms with Gasteiger partial charge in [-0.25, -0.2) is 8.42 Å². The number of sulfonamides is 1. The van der Waals surface area contributed by atoms with Gasteiger partial charge in [0.2, 0.25) is 10.0 Å². The molecule has 24 heavy (non-hydrogen) atoms. The molecule has 7 nitrogen and oxygen atoms in total. The van der Waals surface area contributed by atoms with Crippen LogP contribution in [0.1, 0.15) is 19.8 Å². The SMILES string of the molecule is CCCCOc1ccc(S(=O)(=O)N2CCS(=O)CC2C(=O)O)cc1. The second kappa shape index (κ2) is 8.09. The summed E-state index contributed by atoms with van der Waals surface area (Å²) in [6, 6.07) is 4.62. The fraction of sp³-hybridized carbons (Fsp3) is 0.533. The van der Waals surface area contributed by atoms with Crippen molar-refractivity contribution in [3.8, 4) is 5.75 Å². The zero-order chi connectivity index (χ0) is 17.7. The maximum absolute atomic E-state index is 12.7. The van der Waals surface area contributed by atoms with Crippen LogP contribution in [0.2, 0.25) is 0 Å². The molecule has 0 amide bonds. The molecule has 0 saturated carbocycles. The van der Waals surface area contributed by atoms with Crippen molar-refractivity contribution in [2.75, 3.05) is 24.7 Å². The van der Waals surface area contributed by atoms with Gasteiger partial charge >= 0.3 is 5.97 Å². The van der Waals surface area contributed by atoms with E-state index in [0.29, 0.717) is 12.4 Å². The number of aliphatic carboxylic acids is 1. The second-order valence-electron chi connectivity index (χ2n) is 5.45. The summed E-state index contributed by atoms with van der Waals surface area (Å²) in [6.45, 7) is 2.53. The van der Waals surface area contributed by atoms with Crippen LogP contribution in [0.25, 0.3) is 0 Å². The molecule has 134 valence electrons. The van der Waals surface area contributed by atoms with E-state index in [1.165, 1.54) is 12.1 Å². The number of carboxylic acid groups (broad SMARTS) is 1. The maximum atomic E-state index is 12.7. The average Bonchev–Trinajstić information content (AvgIpc) is 2.55. The summed E-state index contributed by atoms with van der Waals surface area (Å²) in [6.07, 6.45) is 1.91. The Labute approximate surface area is 144 Å². The molecule has 1 saturated heterocycles. The van der Waals surface area contributed by atoms with E-state index >= 15 is 0 Å². The Bertz CT molecular complexity index is 701. The molecule has 0 radical (unpaired) electrons. The van der Waals surface area contributed by atoms with E-state index in [9.17, 15) is 22.5 Å². The van der Waals surface area contributed by atoms with Crippen molar-refractivity contribution < 1.29 is 27.3 Å². The molecule has 1 aromatic carbocycles. The molecular weight excluding hydrogens is 354 g/mol. The van der Waals surface area contributed by atoms with Gasteiger partial charge in [0, 0.05) is 23.1 Å². The minimum absolute atomic E-state index is 0.00396. The zero-order valence-electron chi connectivity index (χ0n) is 13.4. The van der Waals surface area contributed by atoms with Gasteiger partial charge in [-0.05, 0) is 30.7 Å². The van der Waals surface area contributed by atoms with Gasteiger partial charge in [0.05, 0.1) is 17.3 Å². The van der Waals surface area contributed by atoms with Crippen LogP contribution in [0.15, 0.2) is 29.2 Å². The summed E-state index contributed by atoms with van der Waals surface area (Å²) >= 11 is 0. The molecule has 9 heteroatoms. The van der Waals surface area contributed by atoms with Crippen LogP contribution in [-0.4, -0.2) is 58.7 Å². The van der Waals surface area contributed by atoms with Crippen molar-refractivity contribution in [3.63, 3.8) is 0 Å². The van der Waals surface area contributed by atoms with Gasteiger partial charge in [-0.15, -0.1) is 0 Å². The van der Waals surface area contributed by atoms with Crippen LogP contribution in [0.3, 0.4) is 0 Å². The monoisotopic (exact) mass is 375 g/mol. The first-order valence-electron chi connectivity index (χ1n) is 7.68. The lowest BCUT2D eigenvalue weighted by Crippen LogP contribution is -2.53. The number of unbranched alkanes of at least 4 members (excludes halogenated alkanes) is 1. The summed E-state index contributed by atoms with van der Waals surface area (Å²) in [4.78, 5) is 11.3. The maximum Gasteiger partial charge on any atom is 0.322 e. The number of nitrogens with zero attached hydrogens (tertiary/aromatic N) is 1. The summed E-state index contributed by atoms with van der Waals surface area (Å²) in [5.74, 6) is -0.767. The van der Waals surface area contributed by atoms with Gasteiger partial charge < -0.3 is 9.84 Å². The molecule has 0 aromatic heterocycles. The van der Waals surface area contributed by atoms with Crippen molar-refractivity contribution in [1.29, 1.82) is 0 Å². The number of benzene rings is 1. The Morgan fingerprint density at radius 2 is 2.04 bits per heavy atom. The van der Waals surface area contributed by atoms with Crippen molar-refractivity contribution in [2.45, 2.75) is 30.7 Å². The number of carboxylic acids is 1. The van der Waals surface area contributed by atoms with Crippen LogP contribution in [0.5, 0.6) is 5.75 Å². The Balaban J connectivity index is 2.19. The highest BCUT2D eigenvalue weighted by Gasteiger charge is 2.40. The molecule has 0 aliphatic carbocycles. The highest BCUT2D eigenvalue weighted by molar-refractivity contribution is 7.89. The normalized spacial score (nSPS) is 22.2. The summed E-state index contributed by atoms with van der Waals surface area (Å²) in [7, 11) is -5.28. The highest BCUT2D eigenvalue weighted by Crippen LogP contribution is 2.23. The lowest BCUT2D eigenvalue weighted by molar-refractivity contribution is -0.140. The third-order valence-corrected chi connectivity index (χ3v) is 6.96. The van der Waals surface area contributed by atoms with E-state index in [0.717, 1.165) is 17.1 Å². The first kappa shape index (κ1) is 18.9. The van der Waals surface area contributed by atoms with Crippen LogP contribution >= 0.6 is 0 Å². The fourth-order valence-electron chi connectivity index (χ4n) is 2.35. The van der Waals surface area contributed by atoms with Gasteiger partial charge in [0.1, 0.15) is 11.8 Å². The molecule has 1 aromatic rings. The largest absolute Gasteiger partial charge is 0.494 e. The molecule has 1 aliphatic rings. The molecule has 0 bridgehead atoms. The van der Waals surface area contributed by atoms with Crippen LogP contribution in [0.4, 0.5) is 0 Å². The Kier molecular flexibility index (Phi) is 6.36. The van der Waals surface area contributed by atoms with E-state index < -0.39 is 32.8 Å². The van der Waals surface area contributed by atoms with E-state index in [-0.39, 0.29) is 22.9 Å². The first-order valence-corrected chi connectivity index (χ1v) is 10.6. The number of carbonyl (C=O) groups is 1. The van der Waals surface area contributed by atoms with Gasteiger partial charge in [-0.1, -0.05) is 13.3 Å². The molecule has 1 fully saturated rings. The number of ether oxygens (including phenoxy) is 1. The third-order valence-electron chi connectivity index (χ3n) is 3.71. The van der Waals surface area contributed by atoms with Gasteiger partial charge in [0.15, 0.2) is 0 Å². The topological polar surface area (TPSA) is 101 Å². The Morgan fingerprint density at radius 1 is 1.38 bits per heavy atom. The number of hydrogen-bond acceptors (Lipinski definition) is 5. The molecule has 1 N–H and O–H groups in total. The second-order valence-corrected chi connectivity index (χ2v) is 8.97. The Morgan fingerprint density at radius 3 is 2.62 bits per heavy atom. The molecule has 2 atom stereocenters. The van der Waals surface area contributed by atoms with Gasteiger partial charge in [-0.3, -0.25) is 9.00 Å². The van der Waals surface area contributed by atoms with Crippen molar-refractivity contribution in [3.05, 3.63) is 24.3 Å². The van der Waals surface area contributed by atoms with Crippen LogP contribution in [-0.2, 0) is 25.6 Å². The van der Waals surface area contributed by atoms with Gasteiger partial charge in [-0.2, -0.15) is 4.31 Å². The predicted molar refractivity (Wildman–Crippen MR) is 90.0 cm³/mol. The average molecular weight is 375 g/mol. The number of rotatable bonds is 7. The molecule has 0 spiro atoms. The lowest BCUT2D eigenvalue weighted by atomic mass is 10.3. The number of hydrogen-bond donors (Lipinski definition) is 1. The van der Waals surface area contributed by atoms with Crippen LogP contribution in [0, 0.1) is 0 Å². The molecule has 1 heterocycles. The molecule has 2 rings (SSSR count).